The van der Waals surface area contributed by atoms with Gasteiger partial charge in [-0.15, -0.1) is 0 Å². The van der Waals surface area contributed by atoms with Crippen LogP contribution in [-0.4, -0.2) is 18.0 Å². The summed E-state index contributed by atoms with van der Waals surface area (Å²) in [5.41, 5.74) is 3.84. The molecule has 0 saturated heterocycles. The van der Waals surface area contributed by atoms with E-state index in [1.807, 2.05) is 69.3 Å². The van der Waals surface area contributed by atoms with Crippen molar-refractivity contribution in [3.8, 4) is 0 Å². The number of aryl methyl sites for hydroxylation is 2. The van der Waals surface area contributed by atoms with Crippen molar-refractivity contribution in [3.63, 3.8) is 0 Å². The Labute approximate surface area is 149 Å². The second-order valence-electron chi connectivity index (χ2n) is 6.46. The maximum Gasteiger partial charge on any atom is 0.307 e. The highest BCUT2D eigenvalue weighted by molar-refractivity contribution is 5.95. The molecule has 2 aromatic carbocycles. The van der Waals surface area contributed by atoms with Gasteiger partial charge >= 0.3 is 5.97 Å². The number of carbonyl (C=O) groups is 2. The molecule has 4 nitrogen and oxygen atoms in total. The second kappa shape index (κ2) is 8.47. The Bertz CT molecular complexity index is 740. The Morgan fingerprint density at radius 1 is 1.04 bits per heavy atom. The van der Waals surface area contributed by atoms with Gasteiger partial charge in [0.15, 0.2) is 6.10 Å². The van der Waals surface area contributed by atoms with E-state index in [9.17, 15) is 9.59 Å². The van der Waals surface area contributed by atoms with Crippen LogP contribution in [0.2, 0.25) is 0 Å². The van der Waals surface area contributed by atoms with Crippen molar-refractivity contribution in [2.45, 2.75) is 46.1 Å². The molecule has 0 bridgehead atoms. The summed E-state index contributed by atoms with van der Waals surface area (Å²) in [5.74, 6) is -0.655. The van der Waals surface area contributed by atoms with Gasteiger partial charge in [-0.2, -0.15) is 0 Å². The first kappa shape index (κ1) is 18.7. The first-order chi connectivity index (χ1) is 11.9. The van der Waals surface area contributed by atoms with Gasteiger partial charge in [0.05, 0.1) is 6.42 Å². The van der Waals surface area contributed by atoms with E-state index in [0.29, 0.717) is 0 Å². The number of hydrogen-bond acceptors (Lipinski definition) is 3. The van der Waals surface area contributed by atoms with E-state index in [4.69, 9.17) is 4.74 Å². The standard InChI is InChI=1S/C21H25NO3/c1-14-10-11-15(2)19(12-14)22-21(24)17(4)25-20(23)13-16(3)18-8-6-5-7-9-18/h5-12,16-17H,13H2,1-4H3,(H,22,24)/t16-,17+/m0/s1. The van der Waals surface area contributed by atoms with Crippen LogP contribution in [0, 0.1) is 13.8 Å². The van der Waals surface area contributed by atoms with Crippen LogP contribution in [-0.2, 0) is 14.3 Å². The number of amides is 1. The Hall–Kier alpha value is -2.62. The molecule has 0 saturated carbocycles. The summed E-state index contributed by atoms with van der Waals surface area (Å²) < 4.78 is 5.30. The van der Waals surface area contributed by atoms with Crippen LogP contribution >= 0.6 is 0 Å². The van der Waals surface area contributed by atoms with E-state index in [1.165, 1.54) is 0 Å². The average molecular weight is 339 g/mol. The molecular weight excluding hydrogens is 314 g/mol. The van der Waals surface area contributed by atoms with Gasteiger partial charge in [-0.1, -0.05) is 49.4 Å². The maximum atomic E-state index is 12.3. The minimum Gasteiger partial charge on any atom is -0.453 e. The average Bonchev–Trinajstić information content (AvgIpc) is 2.58. The molecule has 0 spiro atoms. The molecule has 2 atom stereocenters. The van der Waals surface area contributed by atoms with Crippen LogP contribution in [0.5, 0.6) is 0 Å². The molecule has 0 aliphatic carbocycles. The van der Waals surface area contributed by atoms with E-state index in [0.717, 1.165) is 22.4 Å². The second-order valence-corrected chi connectivity index (χ2v) is 6.46. The van der Waals surface area contributed by atoms with Crippen molar-refractivity contribution in [2.75, 3.05) is 5.32 Å². The van der Waals surface area contributed by atoms with Crippen LogP contribution in [0.1, 0.15) is 42.9 Å². The number of benzene rings is 2. The number of carbonyl (C=O) groups excluding carboxylic acids is 2. The van der Waals surface area contributed by atoms with Crippen molar-refractivity contribution >= 4 is 17.6 Å². The lowest BCUT2D eigenvalue weighted by molar-refractivity contribution is -0.153. The molecule has 132 valence electrons. The molecule has 0 unspecified atom stereocenters. The number of hydrogen-bond donors (Lipinski definition) is 1. The van der Waals surface area contributed by atoms with E-state index in [1.54, 1.807) is 6.92 Å². The maximum absolute atomic E-state index is 12.3. The quantitative estimate of drug-likeness (QED) is 0.795. The van der Waals surface area contributed by atoms with Crippen molar-refractivity contribution in [1.29, 1.82) is 0 Å². The molecule has 1 N–H and O–H groups in total. The SMILES string of the molecule is Cc1ccc(C)c(NC(=O)[C@@H](C)OC(=O)C[C@H](C)c2ccccc2)c1. The molecule has 0 radical (unpaired) electrons. The predicted octanol–water partition coefficient (Wildman–Crippen LogP) is 4.37. The summed E-state index contributed by atoms with van der Waals surface area (Å²) in [4.78, 5) is 24.4. The fourth-order valence-electron chi connectivity index (χ4n) is 2.55. The van der Waals surface area contributed by atoms with Crippen LogP contribution in [0.25, 0.3) is 0 Å². The number of ether oxygens (including phenoxy) is 1. The van der Waals surface area contributed by atoms with Gasteiger partial charge in [0.1, 0.15) is 0 Å². The lowest BCUT2D eigenvalue weighted by atomic mass is 9.98. The van der Waals surface area contributed by atoms with Crippen molar-refractivity contribution < 1.29 is 14.3 Å². The highest BCUT2D eigenvalue weighted by Crippen LogP contribution is 2.20. The summed E-state index contributed by atoms with van der Waals surface area (Å²) in [6.07, 6.45) is -0.596. The summed E-state index contributed by atoms with van der Waals surface area (Å²) in [7, 11) is 0. The van der Waals surface area contributed by atoms with Gasteiger partial charge in [0.25, 0.3) is 5.91 Å². The summed E-state index contributed by atoms with van der Waals surface area (Å²) in [6, 6.07) is 15.6. The van der Waals surface area contributed by atoms with Gasteiger partial charge < -0.3 is 10.1 Å². The molecule has 0 aliphatic heterocycles. The number of esters is 1. The van der Waals surface area contributed by atoms with E-state index >= 15 is 0 Å². The molecule has 2 aromatic rings. The molecule has 4 heteroatoms. The molecule has 2 rings (SSSR count). The first-order valence-corrected chi connectivity index (χ1v) is 8.49. The van der Waals surface area contributed by atoms with Crippen molar-refractivity contribution in [1.82, 2.24) is 0 Å². The van der Waals surface area contributed by atoms with Gasteiger partial charge in [-0.25, -0.2) is 0 Å². The fraction of sp³-hybridized carbons (Fsp3) is 0.333. The van der Waals surface area contributed by atoms with Gasteiger partial charge in [-0.3, -0.25) is 9.59 Å². The van der Waals surface area contributed by atoms with Gasteiger partial charge in [-0.05, 0) is 49.4 Å². The van der Waals surface area contributed by atoms with E-state index in [-0.39, 0.29) is 24.2 Å². The predicted molar refractivity (Wildman–Crippen MR) is 99.6 cm³/mol. The summed E-state index contributed by atoms with van der Waals surface area (Å²) in [6.45, 7) is 7.44. The van der Waals surface area contributed by atoms with Crippen LogP contribution < -0.4 is 5.32 Å². The van der Waals surface area contributed by atoms with Gasteiger partial charge in [0, 0.05) is 5.69 Å². The molecule has 0 aromatic heterocycles. The Balaban J connectivity index is 1.90. The monoisotopic (exact) mass is 339 g/mol. The fourth-order valence-corrected chi connectivity index (χ4v) is 2.55. The smallest absolute Gasteiger partial charge is 0.307 e. The van der Waals surface area contributed by atoms with E-state index in [2.05, 4.69) is 5.32 Å². The summed E-state index contributed by atoms with van der Waals surface area (Å²) in [5, 5.41) is 2.83. The lowest BCUT2D eigenvalue weighted by Crippen LogP contribution is -2.30. The number of nitrogens with one attached hydrogen (secondary N) is 1. The normalized spacial score (nSPS) is 13.0. The third kappa shape index (κ3) is 5.45. The van der Waals surface area contributed by atoms with E-state index < -0.39 is 6.10 Å². The topological polar surface area (TPSA) is 55.4 Å². The largest absolute Gasteiger partial charge is 0.453 e. The van der Waals surface area contributed by atoms with Gasteiger partial charge in [0.2, 0.25) is 0 Å². The highest BCUT2D eigenvalue weighted by Gasteiger charge is 2.20. The zero-order valence-electron chi connectivity index (χ0n) is 15.2. The highest BCUT2D eigenvalue weighted by atomic mass is 16.5. The third-order valence-electron chi connectivity index (χ3n) is 4.17. The minimum absolute atomic E-state index is 0.0444. The zero-order chi connectivity index (χ0) is 18.4. The third-order valence-corrected chi connectivity index (χ3v) is 4.17. The molecule has 0 aliphatic rings. The number of rotatable bonds is 6. The molecular formula is C21H25NO3. The number of anilines is 1. The molecule has 0 heterocycles. The van der Waals surface area contributed by atoms with Crippen molar-refractivity contribution in [3.05, 3.63) is 65.2 Å². The van der Waals surface area contributed by atoms with Crippen LogP contribution in [0.3, 0.4) is 0 Å². The Morgan fingerprint density at radius 2 is 1.72 bits per heavy atom. The van der Waals surface area contributed by atoms with Crippen LogP contribution in [0.4, 0.5) is 5.69 Å². The van der Waals surface area contributed by atoms with Crippen molar-refractivity contribution in [2.24, 2.45) is 0 Å². The summed E-state index contributed by atoms with van der Waals surface area (Å²) >= 11 is 0. The Morgan fingerprint density at radius 3 is 2.40 bits per heavy atom. The zero-order valence-corrected chi connectivity index (χ0v) is 15.2. The first-order valence-electron chi connectivity index (χ1n) is 8.49. The van der Waals surface area contributed by atoms with Crippen LogP contribution in [0.15, 0.2) is 48.5 Å². The molecule has 1 amide bonds. The lowest BCUT2D eigenvalue weighted by Gasteiger charge is -2.17. The molecule has 0 fully saturated rings. The minimum atomic E-state index is -0.838. The molecule has 25 heavy (non-hydrogen) atoms. The Kier molecular flexibility index (Phi) is 6.34.